The molecule has 2 rings (SSSR count). The molecule has 2 aromatic rings. The van der Waals surface area contributed by atoms with E-state index in [1.165, 1.54) is 17.0 Å². The fourth-order valence-electron chi connectivity index (χ4n) is 1.77. The minimum Gasteiger partial charge on any atom is -0.324 e. The predicted molar refractivity (Wildman–Crippen MR) is 73.8 cm³/mol. The number of aryl methyl sites for hydroxylation is 1. The summed E-state index contributed by atoms with van der Waals surface area (Å²) in [7, 11) is 0. The van der Waals surface area contributed by atoms with Gasteiger partial charge < -0.3 is 5.73 Å². The topological polar surface area (TPSA) is 26.0 Å². The van der Waals surface area contributed by atoms with Crippen LogP contribution in [0.2, 0.25) is 0 Å². The summed E-state index contributed by atoms with van der Waals surface area (Å²) in [6.45, 7) is 1.88. The highest BCUT2D eigenvalue weighted by atomic mass is 79.9. The van der Waals surface area contributed by atoms with Gasteiger partial charge in [-0.05, 0) is 58.2 Å². The predicted octanol–water partition coefficient (Wildman–Crippen LogP) is 4.20. The fourth-order valence-corrected chi connectivity index (χ4v) is 3.32. The van der Waals surface area contributed by atoms with E-state index >= 15 is 0 Å². The van der Waals surface area contributed by atoms with E-state index in [1.807, 2.05) is 25.1 Å². The Balaban J connectivity index is 2.16. The molecule has 1 aromatic carbocycles. The Morgan fingerprint density at radius 2 is 2.12 bits per heavy atom. The van der Waals surface area contributed by atoms with Crippen molar-refractivity contribution in [1.82, 2.24) is 0 Å². The zero-order valence-electron chi connectivity index (χ0n) is 9.41. The first-order valence-corrected chi connectivity index (χ1v) is 6.92. The molecule has 0 spiro atoms. The third-order valence-electron chi connectivity index (χ3n) is 2.54. The van der Waals surface area contributed by atoms with E-state index in [9.17, 15) is 4.39 Å². The Morgan fingerprint density at radius 1 is 1.35 bits per heavy atom. The van der Waals surface area contributed by atoms with Gasteiger partial charge in [0.15, 0.2) is 0 Å². The second kappa shape index (κ2) is 5.29. The number of hydrogen-bond donors (Lipinski definition) is 1. The second-order valence-corrected chi connectivity index (χ2v) is 6.63. The molecule has 90 valence electrons. The molecule has 1 heterocycles. The minimum absolute atomic E-state index is 0.157. The zero-order chi connectivity index (χ0) is 12.4. The van der Waals surface area contributed by atoms with Crippen LogP contribution in [0.5, 0.6) is 0 Å². The van der Waals surface area contributed by atoms with Crippen molar-refractivity contribution >= 4 is 27.3 Å². The number of benzene rings is 1. The average molecular weight is 314 g/mol. The number of thiophene rings is 1. The normalized spacial score (nSPS) is 12.7. The largest absolute Gasteiger partial charge is 0.324 e. The van der Waals surface area contributed by atoms with Gasteiger partial charge in [0.2, 0.25) is 0 Å². The molecule has 1 aromatic heterocycles. The van der Waals surface area contributed by atoms with Gasteiger partial charge in [-0.25, -0.2) is 4.39 Å². The van der Waals surface area contributed by atoms with E-state index < -0.39 is 0 Å². The molecule has 0 amide bonds. The molecule has 1 unspecified atom stereocenters. The van der Waals surface area contributed by atoms with Crippen molar-refractivity contribution in [2.24, 2.45) is 5.73 Å². The van der Waals surface area contributed by atoms with E-state index in [0.717, 1.165) is 21.3 Å². The van der Waals surface area contributed by atoms with Crippen molar-refractivity contribution in [1.29, 1.82) is 0 Å². The first-order chi connectivity index (χ1) is 8.04. The lowest BCUT2D eigenvalue weighted by Crippen LogP contribution is -2.13. The maximum Gasteiger partial charge on any atom is 0.123 e. The molecule has 17 heavy (non-hydrogen) atoms. The number of hydrogen-bond acceptors (Lipinski definition) is 2. The summed E-state index contributed by atoms with van der Waals surface area (Å²) in [4.78, 5) is 1.20. The molecule has 0 aliphatic rings. The molecule has 0 bridgehead atoms. The smallest absolute Gasteiger partial charge is 0.123 e. The highest BCUT2D eigenvalue weighted by Gasteiger charge is 2.10. The molecule has 0 saturated carbocycles. The van der Waals surface area contributed by atoms with Crippen LogP contribution in [0, 0.1) is 12.7 Å². The fraction of sp³-hybridized carbons (Fsp3) is 0.231. The molecule has 4 heteroatoms. The van der Waals surface area contributed by atoms with Gasteiger partial charge in [0.25, 0.3) is 0 Å². The Morgan fingerprint density at radius 3 is 2.71 bits per heavy atom. The van der Waals surface area contributed by atoms with Gasteiger partial charge in [-0.1, -0.05) is 6.07 Å². The third-order valence-corrected chi connectivity index (χ3v) is 4.19. The monoisotopic (exact) mass is 313 g/mol. The van der Waals surface area contributed by atoms with Crippen LogP contribution in [0.3, 0.4) is 0 Å². The third kappa shape index (κ3) is 3.37. The van der Waals surface area contributed by atoms with Crippen LogP contribution in [-0.4, -0.2) is 0 Å². The van der Waals surface area contributed by atoms with Gasteiger partial charge >= 0.3 is 0 Å². The van der Waals surface area contributed by atoms with Crippen LogP contribution in [0.15, 0.2) is 34.1 Å². The van der Waals surface area contributed by atoms with Crippen LogP contribution < -0.4 is 5.73 Å². The maximum absolute atomic E-state index is 13.3. The molecule has 0 aliphatic heterocycles. The van der Waals surface area contributed by atoms with Gasteiger partial charge in [0.05, 0.1) is 3.79 Å². The maximum atomic E-state index is 13.3. The summed E-state index contributed by atoms with van der Waals surface area (Å²) in [5, 5.41) is 0. The van der Waals surface area contributed by atoms with E-state index in [-0.39, 0.29) is 11.9 Å². The molecule has 0 fully saturated rings. The van der Waals surface area contributed by atoms with Crippen molar-refractivity contribution in [3.63, 3.8) is 0 Å². The van der Waals surface area contributed by atoms with Gasteiger partial charge in [-0.3, -0.25) is 0 Å². The van der Waals surface area contributed by atoms with Crippen molar-refractivity contribution in [3.8, 4) is 0 Å². The lowest BCUT2D eigenvalue weighted by Gasteiger charge is -2.11. The van der Waals surface area contributed by atoms with Crippen molar-refractivity contribution in [2.75, 3.05) is 0 Å². The van der Waals surface area contributed by atoms with Crippen molar-refractivity contribution in [3.05, 3.63) is 55.9 Å². The molecule has 0 radical (unpaired) electrons. The molecule has 1 nitrogen and oxygen atoms in total. The van der Waals surface area contributed by atoms with Crippen LogP contribution in [0.1, 0.15) is 22.0 Å². The van der Waals surface area contributed by atoms with Gasteiger partial charge in [0, 0.05) is 17.3 Å². The first kappa shape index (κ1) is 12.7. The summed E-state index contributed by atoms with van der Waals surface area (Å²) in [6.07, 6.45) is 0.735. The highest BCUT2D eigenvalue weighted by molar-refractivity contribution is 9.11. The number of halogens is 2. The van der Waals surface area contributed by atoms with Gasteiger partial charge in [-0.2, -0.15) is 0 Å². The average Bonchev–Trinajstić information content (AvgIpc) is 2.62. The molecule has 0 aliphatic carbocycles. The van der Waals surface area contributed by atoms with Crippen LogP contribution in [0.4, 0.5) is 4.39 Å². The number of rotatable bonds is 3. The molecule has 0 saturated heterocycles. The lowest BCUT2D eigenvalue weighted by atomic mass is 10.0. The van der Waals surface area contributed by atoms with E-state index in [4.69, 9.17) is 5.73 Å². The minimum atomic E-state index is -0.220. The molecular formula is C13H13BrFNS. The highest BCUT2D eigenvalue weighted by Crippen LogP contribution is 2.26. The summed E-state index contributed by atoms with van der Waals surface area (Å²) in [6, 6.07) is 8.86. The summed E-state index contributed by atoms with van der Waals surface area (Å²) in [5.74, 6) is -0.220. The Hall–Kier alpha value is -0.710. The van der Waals surface area contributed by atoms with E-state index in [2.05, 4.69) is 15.9 Å². The Kier molecular flexibility index (Phi) is 3.97. The summed E-state index contributed by atoms with van der Waals surface area (Å²) >= 11 is 5.08. The Labute approximate surface area is 113 Å². The van der Waals surface area contributed by atoms with Crippen molar-refractivity contribution < 1.29 is 4.39 Å². The van der Waals surface area contributed by atoms with Crippen LogP contribution >= 0.6 is 27.3 Å². The molecular weight excluding hydrogens is 301 g/mol. The van der Waals surface area contributed by atoms with Gasteiger partial charge in [0.1, 0.15) is 5.82 Å². The zero-order valence-corrected chi connectivity index (χ0v) is 11.8. The Bertz CT molecular complexity index is 504. The van der Waals surface area contributed by atoms with Crippen LogP contribution in [0.25, 0.3) is 0 Å². The first-order valence-electron chi connectivity index (χ1n) is 5.31. The van der Waals surface area contributed by atoms with E-state index in [1.54, 1.807) is 11.3 Å². The standard InChI is InChI=1S/C13H13BrFNS/c1-8-4-9(6-10(15)5-8)12(16)7-11-2-3-13(14)17-11/h2-6,12H,7,16H2,1H3. The quantitative estimate of drug-likeness (QED) is 0.903. The second-order valence-electron chi connectivity index (χ2n) is 4.08. The molecule has 2 N–H and O–H groups in total. The van der Waals surface area contributed by atoms with E-state index in [0.29, 0.717) is 0 Å². The summed E-state index contributed by atoms with van der Waals surface area (Å²) in [5.41, 5.74) is 7.86. The van der Waals surface area contributed by atoms with Gasteiger partial charge in [-0.15, -0.1) is 11.3 Å². The SMILES string of the molecule is Cc1cc(F)cc(C(N)Cc2ccc(Br)s2)c1. The summed E-state index contributed by atoms with van der Waals surface area (Å²) < 4.78 is 14.4. The molecule has 1 atom stereocenters. The van der Waals surface area contributed by atoms with Crippen molar-refractivity contribution in [2.45, 2.75) is 19.4 Å². The van der Waals surface area contributed by atoms with Crippen LogP contribution in [-0.2, 0) is 6.42 Å². The number of nitrogens with two attached hydrogens (primary N) is 1. The lowest BCUT2D eigenvalue weighted by molar-refractivity contribution is 0.617.